The predicted octanol–water partition coefficient (Wildman–Crippen LogP) is 2.99. The molecule has 1 aromatic heterocycles. The first kappa shape index (κ1) is 17.7. The van der Waals surface area contributed by atoms with Gasteiger partial charge in [-0.05, 0) is 24.6 Å². The van der Waals surface area contributed by atoms with Gasteiger partial charge >= 0.3 is 0 Å². The van der Waals surface area contributed by atoms with Gasteiger partial charge in [-0.3, -0.25) is 4.79 Å². The highest BCUT2D eigenvalue weighted by Crippen LogP contribution is 2.22. The number of ether oxygens (including phenoxy) is 1. The van der Waals surface area contributed by atoms with Crippen LogP contribution >= 0.6 is 23.2 Å². The summed E-state index contributed by atoms with van der Waals surface area (Å²) in [7, 11) is 1.60. The summed E-state index contributed by atoms with van der Waals surface area (Å²) in [4.78, 5) is 16.3. The fourth-order valence-electron chi connectivity index (χ4n) is 1.93. The second kappa shape index (κ2) is 8.29. The van der Waals surface area contributed by atoms with Crippen LogP contribution in [0.15, 0.2) is 22.7 Å². The summed E-state index contributed by atoms with van der Waals surface area (Å²) in [5.41, 5.74) is 0.774. The van der Waals surface area contributed by atoms with Crippen LogP contribution in [0.5, 0.6) is 0 Å². The Hall–Kier alpha value is -1.63. The van der Waals surface area contributed by atoms with Crippen LogP contribution in [-0.2, 0) is 22.4 Å². The molecule has 0 radical (unpaired) electrons. The minimum Gasteiger partial charge on any atom is -0.384 e. The molecule has 1 N–H and O–H groups in total. The smallest absolute Gasteiger partial charge is 0.248 e. The maximum atomic E-state index is 12.1. The van der Waals surface area contributed by atoms with Gasteiger partial charge in [-0.15, -0.1) is 0 Å². The topological polar surface area (TPSA) is 77.3 Å². The maximum absolute atomic E-state index is 12.1. The fraction of sp³-hybridized carbons (Fsp3) is 0.400. The molecule has 1 aromatic carbocycles. The van der Waals surface area contributed by atoms with Gasteiger partial charge in [0.1, 0.15) is 6.04 Å². The fourth-order valence-corrected chi connectivity index (χ4v) is 2.25. The number of hydrogen-bond acceptors (Lipinski definition) is 5. The molecule has 0 spiro atoms. The minimum absolute atomic E-state index is 0.174. The summed E-state index contributed by atoms with van der Waals surface area (Å²) in [6.07, 6.45) is 0.746. The van der Waals surface area contributed by atoms with Crippen LogP contribution < -0.4 is 5.32 Å². The van der Waals surface area contributed by atoms with Gasteiger partial charge in [-0.25, -0.2) is 0 Å². The van der Waals surface area contributed by atoms with Crippen LogP contribution in [0, 0.1) is 0 Å². The lowest BCUT2D eigenvalue weighted by molar-refractivity contribution is -0.121. The van der Waals surface area contributed by atoms with Crippen molar-refractivity contribution in [2.45, 2.75) is 25.8 Å². The zero-order valence-electron chi connectivity index (χ0n) is 12.8. The molecular weight excluding hydrogens is 341 g/mol. The van der Waals surface area contributed by atoms with E-state index in [4.69, 9.17) is 32.5 Å². The second-order valence-electron chi connectivity index (χ2n) is 5.01. The first-order valence-corrected chi connectivity index (χ1v) is 7.80. The van der Waals surface area contributed by atoms with Crippen molar-refractivity contribution in [3.63, 3.8) is 0 Å². The van der Waals surface area contributed by atoms with Crippen molar-refractivity contribution >= 4 is 29.1 Å². The van der Waals surface area contributed by atoms with Crippen LogP contribution in [0.2, 0.25) is 10.0 Å². The first-order valence-electron chi connectivity index (χ1n) is 7.04. The van der Waals surface area contributed by atoms with Gasteiger partial charge in [-0.2, -0.15) is 4.98 Å². The molecule has 0 fully saturated rings. The van der Waals surface area contributed by atoms with E-state index in [2.05, 4.69) is 15.5 Å². The Morgan fingerprint density at radius 3 is 2.87 bits per heavy atom. The van der Waals surface area contributed by atoms with Crippen LogP contribution in [0.3, 0.4) is 0 Å². The highest BCUT2D eigenvalue weighted by Gasteiger charge is 2.17. The summed E-state index contributed by atoms with van der Waals surface area (Å²) in [6, 6.07) is 4.71. The predicted molar refractivity (Wildman–Crippen MR) is 86.6 cm³/mol. The highest BCUT2D eigenvalue weighted by atomic mass is 35.5. The van der Waals surface area contributed by atoms with E-state index >= 15 is 0 Å². The third-order valence-electron chi connectivity index (χ3n) is 3.11. The van der Waals surface area contributed by atoms with Crippen LogP contribution in [0.25, 0.3) is 0 Å². The molecule has 0 saturated carbocycles. The Balaban J connectivity index is 1.91. The summed E-state index contributed by atoms with van der Waals surface area (Å²) >= 11 is 11.8. The second-order valence-corrected chi connectivity index (χ2v) is 5.82. The largest absolute Gasteiger partial charge is 0.384 e. The van der Waals surface area contributed by atoms with E-state index in [0.29, 0.717) is 34.8 Å². The Kier molecular flexibility index (Phi) is 6.38. The molecule has 0 bridgehead atoms. The molecule has 0 aliphatic rings. The SMILES string of the molecule is COCCc1noc([C@H](C)NC(=O)Cc2ccc(Cl)c(Cl)c2)n1. The number of rotatable bonds is 7. The number of carbonyl (C=O) groups excluding carboxylic acids is 1. The third-order valence-corrected chi connectivity index (χ3v) is 3.85. The molecule has 0 aliphatic carbocycles. The maximum Gasteiger partial charge on any atom is 0.248 e. The Labute approximate surface area is 144 Å². The number of aromatic nitrogens is 2. The van der Waals surface area contributed by atoms with Gasteiger partial charge in [0.2, 0.25) is 11.8 Å². The quantitative estimate of drug-likeness (QED) is 0.823. The number of nitrogens with one attached hydrogen (secondary N) is 1. The monoisotopic (exact) mass is 357 g/mol. The number of hydrogen-bond donors (Lipinski definition) is 1. The minimum atomic E-state index is -0.380. The number of halogens is 2. The zero-order valence-corrected chi connectivity index (χ0v) is 14.3. The number of nitrogens with zero attached hydrogens (tertiary/aromatic N) is 2. The van der Waals surface area contributed by atoms with Gasteiger partial charge in [-0.1, -0.05) is 34.4 Å². The van der Waals surface area contributed by atoms with Gasteiger partial charge < -0.3 is 14.6 Å². The van der Waals surface area contributed by atoms with E-state index in [1.165, 1.54) is 0 Å². The number of carbonyl (C=O) groups is 1. The number of benzene rings is 1. The van der Waals surface area contributed by atoms with Crippen LogP contribution in [0.1, 0.15) is 30.2 Å². The van der Waals surface area contributed by atoms with Crippen LogP contribution in [-0.4, -0.2) is 29.8 Å². The number of amides is 1. The van der Waals surface area contributed by atoms with Gasteiger partial charge in [0.25, 0.3) is 0 Å². The lowest BCUT2D eigenvalue weighted by Gasteiger charge is -2.10. The highest BCUT2D eigenvalue weighted by molar-refractivity contribution is 6.42. The van der Waals surface area contributed by atoms with Crippen molar-refractivity contribution in [3.8, 4) is 0 Å². The lowest BCUT2D eigenvalue weighted by atomic mass is 10.1. The Morgan fingerprint density at radius 1 is 1.39 bits per heavy atom. The Bertz CT molecular complexity index is 676. The zero-order chi connectivity index (χ0) is 16.8. The summed E-state index contributed by atoms with van der Waals surface area (Å²) < 4.78 is 10.1. The summed E-state index contributed by atoms with van der Waals surface area (Å²) in [5.74, 6) is 0.735. The van der Waals surface area contributed by atoms with Crippen molar-refractivity contribution < 1.29 is 14.1 Å². The molecule has 8 heteroatoms. The van der Waals surface area contributed by atoms with E-state index in [-0.39, 0.29) is 18.4 Å². The average molecular weight is 358 g/mol. The molecule has 6 nitrogen and oxygen atoms in total. The standard InChI is InChI=1S/C15H17Cl2N3O3/c1-9(15-19-13(20-23-15)5-6-22-2)18-14(21)8-10-3-4-11(16)12(17)7-10/h3-4,7,9H,5-6,8H2,1-2H3,(H,18,21)/t9-/m0/s1. The Morgan fingerprint density at radius 2 is 2.17 bits per heavy atom. The van der Waals surface area contributed by atoms with E-state index in [9.17, 15) is 4.79 Å². The third kappa shape index (κ3) is 5.20. The van der Waals surface area contributed by atoms with E-state index in [1.807, 2.05) is 0 Å². The number of methoxy groups -OCH3 is 1. The molecule has 1 heterocycles. The van der Waals surface area contributed by atoms with Crippen molar-refractivity contribution in [2.75, 3.05) is 13.7 Å². The molecular formula is C15H17Cl2N3O3. The van der Waals surface area contributed by atoms with Crippen molar-refractivity contribution in [3.05, 3.63) is 45.5 Å². The summed E-state index contributed by atoms with van der Waals surface area (Å²) in [5, 5.41) is 7.52. The van der Waals surface area contributed by atoms with Gasteiger partial charge in [0, 0.05) is 13.5 Å². The summed E-state index contributed by atoms with van der Waals surface area (Å²) in [6.45, 7) is 2.29. The normalized spacial score (nSPS) is 12.2. The molecule has 0 unspecified atom stereocenters. The first-order chi connectivity index (χ1) is 11.0. The molecule has 0 aliphatic heterocycles. The van der Waals surface area contributed by atoms with E-state index in [0.717, 1.165) is 5.56 Å². The molecule has 23 heavy (non-hydrogen) atoms. The molecule has 1 atom stereocenters. The molecule has 2 aromatic rings. The van der Waals surface area contributed by atoms with Crippen LogP contribution in [0.4, 0.5) is 0 Å². The molecule has 2 rings (SSSR count). The van der Waals surface area contributed by atoms with E-state index < -0.39 is 0 Å². The average Bonchev–Trinajstić information content (AvgIpc) is 2.98. The van der Waals surface area contributed by atoms with Gasteiger partial charge in [0.05, 0.1) is 23.1 Å². The molecule has 124 valence electrons. The van der Waals surface area contributed by atoms with Crippen molar-refractivity contribution in [2.24, 2.45) is 0 Å². The lowest BCUT2D eigenvalue weighted by Crippen LogP contribution is -2.28. The molecule has 0 saturated heterocycles. The van der Waals surface area contributed by atoms with Crippen molar-refractivity contribution in [1.82, 2.24) is 15.5 Å². The van der Waals surface area contributed by atoms with E-state index in [1.54, 1.807) is 32.2 Å². The van der Waals surface area contributed by atoms with Gasteiger partial charge in [0.15, 0.2) is 5.82 Å². The van der Waals surface area contributed by atoms with Crippen molar-refractivity contribution in [1.29, 1.82) is 0 Å². The molecule has 1 amide bonds.